The summed E-state index contributed by atoms with van der Waals surface area (Å²) in [6.07, 6.45) is -13.5. The van der Waals surface area contributed by atoms with Crippen LogP contribution in [-0.4, -0.2) is 59.7 Å². The highest BCUT2D eigenvalue weighted by Gasteiger charge is 2.79. The van der Waals surface area contributed by atoms with Gasteiger partial charge in [0.1, 0.15) is 17.8 Å². The van der Waals surface area contributed by atoms with Crippen molar-refractivity contribution in [2.75, 3.05) is 14.1 Å². The van der Waals surface area contributed by atoms with Crippen LogP contribution < -0.4 is 0 Å². The number of rotatable bonds is 6. The van der Waals surface area contributed by atoms with Crippen molar-refractivity contribution in [2.45, 2.75) is 57.2 Å². The largest absolute Gasteiger partial charge is 0.426 e. The van der Waals surface area contributed by atoms with Crippen LogP contribution in [0.15, 0.2) is 29.3 Å². The standard InChI is InChI=1S/C20H24F7N3O.ClH/c1-12(2)6-5-7-15(31)29(3)17-18(19(22,23)24,20(25,26)27)28-16(30(17)4)13-8-10-14(21)11-9-13;/h8-12,17H,5-7H2,1-4H3;1H. The zero-order valence-corrected chi connectivity index (χ0v) is 18.7. The van der Waals surface area contributed by atoms with Gasteiger partial charge in [0.2, 0.25) is 5.91 Å². The minimum absolute atomic E-state index is 0. The van der Waals surface area contributed by atoms with E-state index in [2.05, 4.69) is 4.99 Å². The van der Waals surface area contributed by atoms with Gasteiger partial charge in [-0.2, -0.15) is 26.3 Å². The van der Waals surface area contributed by atoms with Crippen molar-refractivity contribution in [3.05, 3.63) is 35.6 Å². The summed E-state index contributed by atoms with van der Waals surface area (Å²) in [5.41, 5.74) is -4.69. The van der Waals surface area contributed by atoms with Crippen LogP contribution in [0.2, 0.25) is 0 Å². The Morgan fingerprint density at radius 2 is 1.62 bits per heavy atom. The molecule has 1 unspecified atom stereocenters. The third-order valence-corrected chi connectivity index (χ3v) is 5.26. The van der Waals surface area contributed by atoms with Gasteiger partial charge in [-0.3, -0.25) is 4.79 Å². The lowest BCUT2D eigenvalue weighted by molar-refractivity contribution is -0.312. The van der Waals surface area contributed by atoms with E-state index < -0.39 is 41.6 Å². The number of benzene rings is 1. The van der Waals surface area contributed by atoms with E-state index in [4.69, 9.17) is 0 Å². The van der Waals surface area contributed by atoms with Crippen LogP contribution >= 0.6 is 12.4 Å². The normalized spacial score (nSPS) is 18.4. The number of aliphatic imine (C=N–C) groups is 1. The van der Waals surface area contributed by atoms with Crippen LogP contribution in [0.5, 0.6) is 0 Å². The second-order valence-corrected chi connectivity index (χ2v) is 7.98. The summed E-state index contributed by atoms with van der Waals surface area (Å²) in [5, 5.41) is 0. The molecule has 0 saturated carbocycles. The number of hydrogen-bond donors (Lipinski definition) is 0. The first-order valence-electron chi connectivity index (χ1n) is 9.61. The van der Waals surface area contributed by atoms with Crippen LogP contribution in [0, 0.1) is 11.7 Å². The highest BCUT2D eigenvalue weighted by molar-refractivity contribution is 6.01. The van der Waals surface area contributed by atoms with Crippen molar-refractivity contribution in [1.82, 2.24) is 9.80 Å². The van der Waals surface area contributed by atoms with Gasteiger partial charge in [-0.1, -0.05) is 20.3 Å². The number of nitrogens with zero attached hydrogens (tertiary/aromatic N) is 3. The number of carbonyl (C=O) groups is 1. The average Bonchev–Trinajstić information content (AvgIpc) is 2.95. The summed E-state index contributed by atoms with van der Waals surface area (Å²) in [4.78, 5) is 16.8. The first-order valence-corrected chi connectivity index (χ1v) is 9.61. The van der Waals surface area contributed by atoms with E-state index in [1.165, 1.54) is 0 Å². The smallest absolute Gasteiger partial charge is 0.336 e. The molecule has 0 aromatic heterocycles. The lowest BCUT2D eigenvalue weighted by Gasteiger charge is -2.42. The first kappa shape index (κ1) is 28.0. The van der Waals surface area contributed by atoms with E-state index >= 15 is 0 Å². The van der Waals surface area contributed by atoms with E-state index in [9.17, 15) is 35.5 Å². The van der Waals surface area contributed by atoms with Crippen molar-refractivity contribution in [1.29, 1.82) is 0 Å². The highest BCUT2D eigenvalue weighted by Crippen LogP contribution is 2.53. The Kier molecular flexibility index (Phi) is 8.61. The number of carbonyl (C=O) groups excluding carboxylic acids is 1. The lowest BCUT2D eigenvalue weighted by Crippen LogP contribution is -2.69. The Hall–Kier alpha value is -2.04. The summed E-state index contributed by atoms with van der Waals surface area (Å²) in [6, 6.07) is 3.88. The van der Waals surface area contributed by atoms with Crippen molar-refractivity contribution >= 4 is 24.1 Å². The molecule has 1 aromatic carbocycles. The minimum atomic E-state index is -5.85. The van der Waals surface area contributed by atoms with E-state index in [0.29, 0.717) is 22.6 Å². The van der Waals surface area contributed by atoms with Gasteiger partial charge in [0.15, 0.2) is 0 Å². The Balaban J connectivity index is 0.00000512. The molecule has 2 rings (SSSR count). The lowest BCUT2D eigenvalue weighted by atomic mass is 9.93. The zero-order valence-electron chi connectivity index (χ0n) is 17.9. The molecule has 0 bridgehead atoms. The van der Waals surface area contributed by atoms with Gasteiger partial charge in [-0.25, -0.2) is 9.38 Å². The molecule has 0 N–H and O–H groups in total. The molecule has 0 radical (unpaired) electrons. The van der Waals surface area contributed by atoms with Crippen LogP contribution in [0.25, 0.3) is 0 Å². The van der Waals surface area contributed by atoms with Gasteiger partial charge in [0.05, 0.1) is 0 Å². The van der Waals surface area contributed by atoms with E-state index in [1.54, 1.807) is 0 Å². The molecule has 1 heterocycles. The Morgan fingerprint density at radius 3 is 2.06 bits per heavy atom. The van der Waals surface area contributed by atoms with Crippen LogP contribution in [0.3, 0.4) is 0 Å². The maximum atomic E-state index is 14.0. The fraction of sp³-hybridized carbons (Fsp3) is 0.600. The van der Waals surface area contributed by atoms with Gasteiger partial charge in [-0.05, 0) is 36.6 Å². The monoisotopic (exact) mass is 491 g/mol. The van der Waals surface area contributed by atoms with Gasteiger partial charge >= 0.3 is 12.4 Å². The fourth-order valence-corrected chi connectivity index (χ4v) is 3.66. The fourth-order valence-electron chi connectivity index (χ4n) is 3.66. The van der Waals surface area contributed by atoms with Crippen LogP contribution in [-0.2, 0) is 4.79 Å². The number of amidine groups is 1. The molecule has 182 valence electrons. The molecule has 0 spiro atoms. The van der Waals surface area contributed by atoms with E-state index in [-0.39, 0.29) is 30.3 Å². The quantitative estimate of drug-likeness (QED) is 0.499. The predicted molar refractivity (Wildman–Crippen MR) is 108 cm³/mol. The van der Waals surface area contributed by atoms with E-state index in [0.717, 1.165) is 38.4 Å². The van der Waals surface area contributed by atoms with Crippen molar-refractivity contribution < 1.29 is 35.5 Å². The summed E-state index contributed by atoms with van der Waals surface area (Å²) in [7, 11) is 1.91. The molecule has 32 heavy (non-hydrogen) atoms. The maximum absolute atomic E-state index is 14.0. The molecule has 0 aliphatic carbocycles. The van der Waals surface area contributed by atoms with Crippen LogP contribution in [0.1, 0.15) is 38.7 Å². The van der Waals surface area contributed by atoms with Gasteiger partial charge in [-0.15, -0.1) is 12.4 Å². The number of likely N-dealkylation sites (N-methyl/N-ethyl adjacent to an activating group) is 2. The molecular weight excluding hydrogens is 467 g/mol. The third-order valence-electron chi connectivity index (χ3n) is 5.26. The Labute approximate surface area is 187 Å². The number of hydrogen-bond acceptors (Lipinski definition) is 3. The Bertz CT molecular complexity index is 808. The highest BCUT2D eigenvalue weighted by atomic mass is 35.5. The topological polar surface area (TPSA) is 35.9 Å². The molecule has 1 aliphatic heterocycles. The summed E-state index contributed by atoms with van der Waals surface area (Å²) >= 11 is 0. The maximum Gasteiger partial charge on any atom is 0.426 e. The second-order valence-electron chi connectivity index (χ2n) is 7.98. The molecule has 0 fully saturated rings. The molecular formula is C20H25ClF7N3O. The zero-order chi connectivity index (χ0) is 23.8. The first-order chi connectivity index (χ1) is 14.1. The van der Waals surface area contributed by atoms with Crippen LogP contribution in [0.4, 0.5) is 30.7 Å². The molecule has 1 atom stereocenters. The van der Waals surface area contributed by atoms with Gasteiger partial charge in [0, 0.05) is 26.1 Å². The molecule has 4 nitrogen and oxygen atoms in total. The SMILES string of the molecule is CC(C)CCCC(=O)N(C)C1N(C)C(c2ccc(F)cc2)=NC1(C(F)(F)F)C(F)(F)F.Cl. The molecule has 1 amide bonds. The molecule has 1 aliphatic rings. The summed E-state index contributed by atoms with van der Waals surface area (Å²) in [5.74, 6) is -1.98. The van der Waals surface area contributed by atoms with Crippen molar-refractivity contribution in [3.8, 4) is 0 Å². The van der Waals surface area contributed by atoms with Gasteiger partial charge < -0.3 is 9.80 Å². The second kappa shape index (κ2) is 9.84. The summed E-state index contributed by atoms with van der Waals surface area (Å²) in [6.45, 7) is 3.78. The summed E-state index contributed by atoms with van der Waals surface area (Å²) < 4.78 is 97.3. The number of halogens is 8. The number of alkyl halides is 6. The van der Waals surface area contributed by atoms with E-state index in [1.807, 2.05) is 13.8 Å². The van der Waals surface area contributed by atoms with Crippen molar-refractivity contribution in [2.24, 2.45) is 10.9 Å². The Morgan fingerprint density at radius 1 is 1.12 bits per heavy atom. The molecule has 12 heteroatoms. The molecule has 1 aromatic rings. The number of amides is 1. The molecule has 0 saturated heterocycles. The van der Waals surface area contributed by atoms with Gasteiger partial charge in [0.25, 0.3) is 5.54 Å². The van der Waals surface area contributed by atoms with Crippen molar-refractivity contribution in [3.63, 3.8) is 0 Å². The predicted octanol–water partition coefficient (Wildman–Crippen LogP) is 5.41. The minimum Gasteiger partial charge on any atom is -0.336 e. The average molecular weight is 492 g/mol. The third kappa shape index (κ3) is 5.13.